The van der Waals surface area contributed by atoms with Gasteiger partial charge in [-0.2, -0.15) is 5.10 Å². The van der Waals surface area contributed by atoms with Gasteiger partial charge in [-0.3, -0.25) is 0 Å². The molecule has 2 aromatic rings. The van der Waals surface area contributed by atoms with Crippen LogP contribution in [-0.4, -0.2) is 19.7 Å². The van der Waals surface area contributed by atoms with Gasteiger partial charge in [0, 0.05) is 6.54 Å². The number of hydrogen-bond donors (Lipinski definition) is 0. The van der Waals surface area contributed by atoms with Crippen LogP contribution in [0.3, 0.4) is 0 Å². The van der Waals surface area contributed by atoms with Crippen LogP contribution in [0.1, 0.15) is 20.8 Å². The average Bonchev–Trinajstić information content (AvgIpc) is 2.48. The molecule has 0 unspecified atom stereocenters. The number of aromatic nitrogens is 4. The van der Waals surface area contributed by atoms with Crippen molar-refractivity contribution in [2.75, 3.05) is 0 Å². The SMILES string of the molecule is CC(C)(C)Cn1ncc2c(Cl)ncnc21. The van der Waals surface area contributed by atoms with Crippen LogP contribution in [0.5, 0.6) is 0 Å². The number of rotatable bonds is 1. The summed E-state index contributed by atoms with van der Waals surface area (Å²) in [6.45, 7) is 7.28. The second-order valence-electron chi connectivity index (χ2n) is 4.76. The van der Waals surface area contributed by atoms with E-state index in [1.165, 1.54) is 6.33 Å². The van der Waals surface area contributed by atoms with Gasteiger partial charge in [0.1, 0.15) is 11.5 Å². The van der Waals surface area contributed by atoms with Crippen molar-refractivity contribution in [1.29, 1.82) is 0 Å². The van der Waals surface area contributed by atoms with Crippen molar-refractivity contribution in [3.05, 3.63) is 17.7 Å². The van der Waals surface area contributed by atoms with E-state index in [0.717, 1.165) is 17.6 Å². The summed E-state index contributed by atoms with van der Waals surface area (Å²) in [4.78, 5) is 8.11. The fourth-order valence-electron chi connectivity index (χ4n) is 1.43. The first-order valence-electron chi connectivity index (χ1n) is 4.79. The molecule has 2 rings (SSSR count). The fraction of sp³-hybridized carbons (Fsp3) is 0.500. The smallest absolute Gasteiger partial charge is 0.162 e. The highest BCUT2D eigenvalue weighted by atomic mass is 35.5. The topological polar surface area (TPSA) is 43.6 Å². The van der Waals surface area contributed by atoms with Crippen molar-refractivity contribution in [2.45, 2.75) is 27.3 Å². The summed E-state index contributed by atoms with van der Waals surface area (Å²) in [5.74, 6) is 0. The van der Waals surface area contributed by atoms with Crippen molar-refractivity contribution in [2.24, 2.45) is 5.41 Å². The lowest BCUT2D eigenvalue weighted by molar-refractivity contribution is 0.330. The molecule has 0 aliphatic rings. The van der Waals surface area contributed by atoms with Crippen molar-refractivity contribution >= 4 is 22.6 Å². The van der Waals surface area contributed by atoms with Crippen LogP contribution in [0, 0.1) is 5.41 Å². The summed E-state index contributed by atoms with van der Waals surface area (Å²) in [5.41, 5.74) is 0.959. The van der Waals surface area contributed by atoms with Gasteiger partial charge in [0.25, 0.3) is 0 Å². The Bertz CT molecular complexity index is 484. The summed E-state index contributed by atoms with van der Waals surface area (Å²) in [6, 6.07) is 0. The van der Waals surface area contributed by atoms with Crippen LogP contribution in [0.4, 0.5) is 0 Å². The highest BCUT2D eigenvalue weighted by Crippen LogP contribution is 2.22. The second kappa shape index (κ2) is 3.45. The summed E-state index contributed by atoms with van der Waals surface area (Å²) in [5, 5.41) is 5.54. The third-order valence-electron chi connectivity index (χ3n) is 2.01. The van der Waals surface area contributed by atoms with E-state index in [0.29, 0.717) is 5.15 Å². The summed E-state index contributed by atoms with van der Waals surface area (Å²) >= 11 is 5.94. The van der Waals surface area contributed by atoms with Crippen molar-refractivity contribution < 1.29 is 0 Å². The van der Waals surface area contributed by atoms with E-state index < -0.39 is 0 Å². The van der Waals surface area contributed by atoms with Crippen LogP contribution >= 0.6 is 11.6 Å². The molecule has 0 aromatic carbocycles. The quantitative estimate of drug-likeness (QED) is 0.700. The molecule has 0 amide bonds. The van der Waals surface area contributed by atoms with Gasteiger partial charge in [0.2, 0.25) is 0 Å². The van der Waals surface area contributed by atoms with Gasteiger partial charge in [-0.25, -0.2) is 14.6 Å². The Morgan fingerprint density at radius 2 is 2.07 bits per heavy atom. The number of nitrogens with zero attached hydrogens (tertiary/aromatic N) is 4. The maximum absolute atomic E-state index is 5.94. The Balaban J connectivity index is 2.50. The Morgan fingerprint density at radius 3 is 2.73 bits per heavy atom. The van der Waals surface area contributed by atoms with Crippen LogP contribution in [-0.2, 0) is 6.54 Å². The van der Waals surface area contributed by atoms with Gasteiger partial charge in [0.15, 0.2) is 5.65 Å². The van der Waals surface area contributed by atoms with Gasteiger partial charge in [-0.05, 0) is 5.41 Å². The van der Waals surface area contributed by atoms with Crippen molar-refractivity contribution in [1.82, 2.24) is 19.7 Å². The molecule has 0 spiro atoms. The molecule has 2 heterocycles. The monoisotopic (exact) mass is 224 g/mol. The van der Waals surface area contributed by atoms with Crippen LogP contribution in [0.15, 0.2) is 12.5 Å². The van der Waals surface area contributed by atoms with Gasteiger partial charge in [-0.1, -0.05) is 32.4 Å². The molecule has 0 atom stereocenters. The van der Waals surface area contributed by atoms with E-state index in [2.05, 4.69) is 35.8 Å². The lowest BCUT2D eigenvalue weighted by Crippen LogP contribution is -2.16. The summed E-state index contributed by atoms with van der Waals surface area (Å²) in [6.07, 6.45) is 3.18. The Kier molecular flexibility index (Phi) is 2.38. The zero-order chi connectivity index (χ0) is 11.1. The molecule has 0 saturated carbocycles. The standard InChI is InChI=1S/C10H13ClN4/c1-10(2,3)5-15-9-7(4-14-15)8(11)12-6-13-9/h4,6H,5H2,1-3H3. The van der Waals surface area contributed by atoms with Crippen molar-refractivity contribution in [3.8, 4) is 0 Å². The van der Waals surface area contributed by atoms with Gasteiger partial charge in [-0.15, -0.1) is 0 Å². The minimum absolute atomic E-state index is 0.163. The molecular weight excluding hydrogens is 212 g/mol. The highest BCUT2D eigenvalue weighted by molar-refractivity contribution is 6.33. The molecule has 0 fully saturated rings. The first-order valence-corrected chi connectivity index (χ1v) is 5.17. The van der Waals surface area contributed by atoms with Crippen molar-refractivity contribution in [3.63, 3.8) is 0 Å². The first kappa shape index (κ1) is 10.4. The zero-order valence-electron chi connectivity index (χ0n) is 9.03. The van der Waals surface area contributed by atoms with E-state index >= 15 is 0 Å². The molecule has 5 heteroatoms. The maximum atomic E-state index is 5.94. The van der Waals surface area contributed by atoms with Crippen LogP contribution in [0.25, 0.3) is 11.0 Å². The summed E-state index contributed by atoms with van der Waals surface area (Å²) < 4.78 is 1.86. The minimum atomic E-state index is 0.163. The van der Waals surface area contributed by atoms with E-state index in [9.17, 15) is 0 Å². The Labute approximate surface area is 93.3 Å². The fourth-order valence-corrected chi connectivity index (χ4v) is 1.61. The van der Waals surface area contributed by atoms with Crippen LogP contribution < -0.4 is 0 Å². The van der Waals surface area contributed by atoms with Gasteiger partial charge in [0.05, 0.1) is 11.6 Å². The zero-order valence-corrected chi connectivity index (χ0v) is 9.78. The number of fused-ring (bicyclic) bond motifs is 1. The lowest BCUT2D eigenvalue weighted by atomic mass is 9.97. The second-order valence-corrected chi connectivity index (χ2v) is 5.12. The Morgan fingerprint density at radius 1 is 1.33 bits per heavy atom. The van der Waals surface area contributed by atoms with Gasteiger partial charge >= 0.3 is 0 Å². The number of halogens is 1. The molecule has 2 aromatic heterocycles. The van der Waals surface area contributed by atoms with E-state index in [1.807, 2.05) is 4.68 Å². The van der Waals surface area contributed by atoms with Gasteiger partial charge < -0.3 is 0 Å². The highest BCUT2D eigenvalue weighted by Gasteiger charge is 2.15. The molecular formula is C10H13ClN4. The lowest BCUT2D eigenvalue weighted by Gasteiger charge is -2.17. The predicted octanol–water partition coefficient (Wildman–Crippen LogP) is 2.53. The maximum Gasteiger partial charge on any atom is 0.162 e. The van der Waals surface area contributed by atoms with Crippen LogP contribution in [0.2, 0.25) is 5.15 Å². The van der Waals surface area contributed by atoms with E-state index in [4.69, 9.17) is 11.6 Å². The average molecular weight is 225 g/mol. The summed E-state index contributed by atoms with van der Waals surface area (Å²) in [7, 11) is 0. The molecule has 0 aliphatic carbocycles. The molecule has 0 N–H and O–H groups in total. The Hall–Kier alpha value is -1.16. The predicted molar refractivity (Wildman–Crippen MR) is 59.8 cm³/mol. The molecule has 80 valence electrons. The molecule has 0 bridgehead atoms. The molecule has 4 nitrogen and oxygen atoms in total. The normalized spacial score (nSPS) is 12.3. The third kappa shape index (κ3) is 2.09. The van der Waals surface area contributed by atoms with E-state index in [1.54, 1.807) is 6.20 Å². The molecule has 0 radical (unpaired) electrons. The first-order chi connectivity index (χ1) is 6.97. The molecule has 15 heavy (non-hydrogen) atoms. The molecule has 0 saturated heterocycles. The third-order valence-corrected chi connectivity index (χ3v) is 2.31. The minimum Gasteiger partial charge on any atom is -0.247 e. The molecule has 0 aliphatic heterocycles. The largest absolute Gasteiger partial charge is 0.247 e. The van der Waals surface area contributed by atoms with E-state index in [-0.39, 0.29) is 5.41 Å². The number of hydrogen-bond acceptors (Lipinski definition) is 3.